The van der Waals surface area contributed by atoms with Crippen LogP contribution in [-0.2, 0) is 0 Å². The maximum absolute atomic E-state index is 3.52. The molecular formula is C14H18B2N4. The first-order valence-electron chi connectivity index (χ1n) is 6.86. The molecule has 1 saturated heterocycles. The maximum atomic E-state index is 3.52. The molecule has 0 saturated carbocycles. The van der Waals surface area contributed by atoms with Crippen LogP contribution in [0, 0.1) is 0 Å². The molecule has 0 unspecified atom stereocenters. The molecule has 3 rings (SSSR count). The zero-order valence-corrected chi connectivity index (χ0v) is 11.8. The molecule has 6 heteroatoms. The van der Waals surface area contributed by atoms with Gasteiger partial charge in [-0.25, -0.2) is 0 Å². The van der Waals surface area contributed by atoms with Crippen molar-refractivity contribution >= 4 is 24.9 Å². The van der Waals surface area contributed by atoms with Gasteiger partial charge in [-0.05, 0) is 25.0 Å². The van der Waals surface area contributed by atoms with Crippen molar-refractivity contribution in [1.82, 2.24) is 20.5 Å². The van der Waals surface area contributed by atoms with E-state index >= 15 is 0 Å². The highest BCUT2D eigenvalue weighted by Gasteiger charge is 2.45. The molecule has 2 N–H and O–H groups in total. The molecule has 0 atom stereocenters. The molecule has 2 aromatic carbocycles. The van der Waals surface area contributed by atoms with E-state index in [-0.39, 0.29) is 14.0 Å². The summed E-state index contributed by atoms with van der Waals surface area (Å²) in [6.07, 6.45) is 0. The standard InChI is InChI=1S/C14H18B2N4/c1-17-20-15(13-9-5-3-6-10-13)18-19(2)16(20)14-11-7-4-8-12-14/h3-12,17-18H,1-2H3. The van der Waals surface area contributed by atoms with Crippen LogP contribution in [0.4, 0.5) is 0 Å². The van der Waals surface area contributed by atoms with Crippen LogP contribution in [0.15, 0.2) is 60.7 Å². The van der Waals surface area contributed by atoms with Crippen molar-refractivity contribution in [2.45, 2.75) is 0 Å². The van der Waals surface area contributed by atoms with Gasteiger partial charge < -0.3 is 0 Å². The van der Waals surface area contributed by atoms with E-state index in [2.05, 4.69) is 76.1 Å². The first kappa shape index (κ1) is 13.4. The molecular weight excluding hydrogens is 246 g/mol. The molecule has 0 aromatic heterocycles. The van der Waals surface area contributed by atoms with Gasteiger partial charge in [0.25, 0.3) is 0 Å². The molecule has 1 heterocycles. The third kappa shape index (κ3) is 2.39. The fourth-order valence-corrected chi connectivity index (χ4v) is 2.78. The number of rotatable bonds is 3. The van der Waals surface area contributed by atoms with E-state index in [0.29, 0.717) is 0 Å². The highest BCUT2D eigenvalue weighted by Crippen LogP contribution is 2.07. The summed E-state index contributed by atoms with van der Waals surface area (Å²) in [7, 11) is 4.04. The Kier molecular flexibility index (Phi) is 3.89. The van der Waals surface area contributed by atoms with Crippen molar-refractivity contribution in [2.75, 3.05) is 14.1 Å². The van der Waals surface area contributed by atoms with E-state index in [4.69, 9.17) is 0 Å². The van der Waals surface area contributed by atoms with E-state index in [0.717, 1.165) is 0 Å². The Morgan fingerprint density at radius 1 is 0.900 bits per heavy atom. The predicted octanol–water partition coefficient (Wildman–Crippen LogP) is -0.336. The van der Waals surface area contributed by atoms with Gasteiger partial charge in [0.1, 0.15) is 0 Å². The van der Waals surface area contributed by atoms with Crippen LogP contribution in [0.5, 0.6) is 0 Å². The number of nitrogens with zero attached hydrogens (tertiary/aromatic N) is 2. The van der Waals surface area contributed by atoms with Gasteiger partial charge in [0, 0.05) is 0 Å². The number of benzene rings is 2. The Bertz CT molecular complexity index is 552. The van der Waals surface area contributed by atoms with Crippen molar-refractivity contribution in [1.29, 1.82) is 0 Å². The SMILES string of the molecule is CNN1B(c2ccccc2)NN(C)B1c1ccccc1. The van der Waals surface area contributed by atoms with E-state index < -0.39 is 0 Å². The average Bonchev–Trinajstić information content (AvgIpc) is 2.85. The predicted molar refractivity (Wildman–Crippen MR) is 85.5 cm³/mol. The highest BCUT2D eigenvalue weighted by atomic mass is 15.6. The van der Waals surface area contributed by atoms with Crippen LogP contribution in [0.3, 0.4) is 0 Å². The monoisotopic (exact) mass is 264 g/mol. The molecule has 1 aliphatic rings. The summed E-state index contributed by atoms with van der Waals surface area (Å²) < 4.78 is 0. The lowest BCUT2D eigenvalue weighted by Crippen LogP contribution is -2.61. The minimum absolute atomic E-state index is 0.122. The lowest BCUT2D eigenvalue weighted by Gasteiger charge is -2.25. The van der Waals surface area contributed by atoms with E-state index in [1.165, 1.54) is 10.9 Å². The van der Waals surface area contributed by atoms with Crippen molar-refractivity contribution in [2.24, 2.45) is 0 Å². The summed E-state index contributed by atoms with van der Waals surface area (Å²) in [6.45, 7) is 0.280. The Morgan fingerprint density at radius 3 is 2.00 bits per heavy atom. The second-order valence-corrected chi connectivity index (χ2v) is 4.97. The largest absolute Gasteiger partial charge is 0.363 e. The van der Waals surface area contributed by atoms with Gasteiger partial charge in [0.05, 0.1) is 0 Å². The van der Waals surface area contributed by atoms with Gasteiger partial charge >= 0.3 is 14.0 Å². The number of hydrazine groups is 2. The Hall–Kier alpha value is -1.59. The molecule has 1 fully saturated rings. The van der Waals surface area contributed by atoms with Gasteiger partial charge in [-0.15, -0.1) is 0 Å². The summed E-state index contributed by atoms with van der Waals surface area (Å²) in [4.78, 5) is 4.37. The Labute approximate surface area is 121 Å². The molecule has 0 aliphatic carbocycles. The van der Waals surface area contributed by atoms with E-state index in [1.807, 2.05) is 19.2 Å². The summed E-state index contributed by atoms with van der Waals surface area (Å²) >= 11 is 0. The molecule has 0 bridgehead atoms. The average molecular weight is 264 g/mol. The normalized spacial score (nSPS) is 16.9. The Morgan fingerprint density at radius 2 is 1.45 bits per heavy atom. The van der Waals surface area contributed by atoms with Gasteiger partial charge in [-0.2, -0.15) is 0 Å². The number of nitrogens with one attached hydrogen (secondary N) is 2. The Balaban J connectivity index is 1.93. The number of hydrogen-bond donors (Lipinski definition) is 2. The van der Waals surface area contributed by atoms with Crippen LogP contribution >= 0.6 is 0 Å². The van der Waals surface area contributed by atoms with Crippen LogP contribution in [0.25, 0.3) is 0 Å². The van der Waals surface area contributed by atoms with Crippen molar-refractivity contribution in [3.8, 4) is 0 Å². The van der Waals surface area contributed by atoms with Crippen LogP contribution in [-0.4, -0.2) is 37.8 Å². The molecule has 2 aromatic rings. The van der Waals surface area contributed by atoms with Gasteiger partial charge in [-0.3, -0.25) is 20.5 Å². The highest BCUT2D eigenvalue weighted by molar-refractivity contribution is 6.86. The van der Waals surface area contributed by atoms with E-state index in [9.17, 15) is 0 Å². The molecule has 1 aliphatic heterocycles. The molecule has 0 amide bonds. The fraction of sp³-hybridized carbons (Fsp3) is 0.143. The van der Waals surface area contributed by atoms with E-state index in [1.54, 1.807) is 0 Å². The minimum Gasteiger partial charge on any atom is -0.283 e. The summed E-state index contributed by atoms with van der Waals surface area (Å²) in [5.74, 6) is 0. The summed E-state index contributed by atoms with van der Waals surface area (Å²) in [5.41, 5.74) is 5.82. The molecule has 100 valence electrons. The third-order valence-corrected chi connectivity index (χ3v) is 3.71. The van der Waals surface area contributed by atoms with Crippen molar-refractivity contribution in [3.05, 3.63) is 60.7 Å². The topological polar surface area (TPSA) is 30.5 Å². The molecule has 20 heavy (non-hydrogen) atoms. The van der Waals surface area contributed by atoms with Crippen LogP contribution < -0.4 is 21.7 Å². The third-order valence-electron chi connectivity index (χ3n) is 3.71. The van der Waals surface area contributed by atoms with Crippen LogP contribution in [0.1, 0.15) is 0 Å². The second-order valence-electron chi connectivity index (χ2n) is 4.97. The zero-order chi connectivity index (χ0) is 13.9. The van der Waals surface area contributed by atoms with Crippen molar-refractivity contribution in [3.63, 3.8) is 0 Å². The second kappa shape index (κ2) is 5.81. The van der Waals surface area contributed by atoms with Gasteiger partial charge in [0.2, 0.25) is 0 Å². The summed E-state index contributed by atoms with van der Waals surface area (Å²) in [6, 6.07) is 21.0. The zero-order valence-electron chi connectivity index (χ0n) is 11.8. The smallest absolute Gasteiger partial charge is 0.283 e. The number of hydrogen-bond acceptors (Lipinski definition) is 4. The fourth-order valence-electron chi connectivity index (χ4n) is 2.78. The maximum Gasteiger partial charge on any atom is 0.363 e. The molecule has 0 radical (unpaired) electrons. The molecule has 4 nitrogen and oxygen atoms in total. The van der Waals surface area contributed by atoms with Gasteiger partial charge in [-0.1, -0.05) is 60.7 Å². The summed E-state index contributed by atoms with van der Waals surface area (Å²) in [5, 5.41) is 3.52. The quantitative estimate of drug-likeness (QED) is 0.743. The minimum atomic E-state index is 0.122. The van der Waals surface area contributed by atoms with Crippen molar-refractivity contribution < 1.29 is 0 Å². The first-order chi connectivity index (χ1) is 9.81. The van der Waals surface area contributed by atoms with Crippen LogP contribution in [0.2, 0.25) is 0 Å². The van der Waals surface area contributed by atoms with Gasteiger partial charge in [0.15, 0.2) is 0 Å². The molecule has 0 spiro atoms. The lowest BCUT2D eigenvalue weighted by molar-refractivity contribution is 0.486. The lowest BCUT2D eigenvalue weighted by atomic mass is 9.58. The first-order valence-corrected chi connectivity index (χ1v) is 6.86.